The largest absolute Gasteiger partial charge is 0.379 e. The molecule has 0 heterocycles. The first-order chi connectivity index (χ1) is 14.3. The molecule has 0 saturated heterocycles. The molecule has 0 bridgehead atoms. The molecule has 170 valence electrons. The van der Waals surface area contributed by atoms with Crippen molar-refractivity contribution >= 4 is 27.4 Å². The molecule has 1 aromatic rings. The fourth-order valence-electron chi connectivity index (χ4n) is 2.33. The molecular formula is C19H31N3O7S. The Morgan fingerprint density at radius 1 is 0.833 bits per heavy atom. The number of hydrogen-bond acceptors (Lipinski definition) is 8. The van der Waals surface area contributed by atoms with Gasteiger partial charge in [-0.2, -0.15) is 0 Å². The normalized spacial score (nSPS) is 11.4. The Hall–Kier alpha value is -1.89. The number of nitrogens with one attached hydrogen (secondary N) is 1. The van der Waals surface area contributed by atoms with E-state index in [0.717, 1.165) is 0 Å². The first-order valence-electron chi connectivity index (χ1n) is 9.70. The highest BCUT2D eigenvalue weighted by Crippen LogP contribution is 2.13. The lowest BCUT2D eigenvalue weighted by Gasteiger charge is -2.07. The zero-order chi connectivity index (χ0) is 22.2. The summed E-state index contributed by atoms with van der Waals surface area (Å²) >= 11 is 0. The zero-order valence-corrected chi connectivity index (χ0v) is 17.8. The number of rotatable bonds is 17. The lowest BCUT2D eigenvalue weighted by molar-refractivity contribution is -0.123. The zero-order valence-electron chi connectivity index (χ0n) is 17.0. The Labute approximate surface area is 177 Å². The van der Waals surface area contributed by atoms with Gasteiger partial charge in [0, 0.05) is 38.1 Å². The van der Waals surface area contributed by atoms with Crippen molar-refractivity contribution in [1.82, 2.24) is 0 Å². The van der Waals surface area contributed by atoms with Gasteiger partial charge in [-0.05, 0) is 30.7 Å². The first-order valence-corrected chi connectivity index (χ1v) is 11.3. The molecule has 1 rings (SSSR count). The quantitative estimate of drug-likeness (QED) is 0.291. The lowest BCUT2D eigenvalue weighted by Crippen LogP contribution is -2.15. The van der Waals surface area contributed by atoms with Crippen LogP contribution in [0.3, 0.4) is 0 Å². The fourth-order valence-corrected chi connectivity index (χ4v) is 2.84. The highest BCUT2D eigenvalue weighted by molar-refractivity contribution is 7.89. The van der Waals surface area contributed by atoms with Crippen molar-refractivity contribution in [2.24, 2.45) is 10.9 Å². The minimum absolute atomic E-state index is 0.0216. The summed E-state index contributed by atoms with van der Waals surface area (Å²) in [5.74, 6) is -0.345. The minimum Gasteiger partial charge on any atom is -0.379 e. The molecule has 0 spiro atoms. The number of ketones is 1. The standard InChI is InChI=1S/C19H31N3O7S/c20-9-11-28-13-15-29-14-12-27-10-1-2-17(23)5-8-19(24)22-16-3-6-18(7-4-16)30(21,25)26/h3-4,6-7H,1-2,5,8-15,20H2,(H,22,24)(H2,21,25,26). The van der Waals surface area contributed by atoms with Gasteiger partial charge in [-0.3, -0.25) is 9.59 Å². The number of benzene rings is 1. The third-order valence-corrected chi connectivity index (χ3v) is 4.78. The van der Waals surface area contributed by atoms with Crippen molar-refractivity contribution in [2.75, 3.05) is 51.5 Å². The van der Waals surface area contributed by atoms with E-state index in [1.54, 1.807) is 0 Å². The van der Waals surface area contributed by atoms with E-state index in [1.165, 1.54) is 24.3 Å². The molecule has 0 radical (unpaired) electrons. The second-order valence-corrected chi connectivity index (χ2v) is 7.95. The SMILES string of the molecule is NCCOCCOCCOCCCC(=O)CCC(=O)Nc1ccc(S(N)(=O)=O)cc1. The summed E-state index contributed by atoms with van der Waals surface area (Å²) in [5, 5.41) is 7.62. The van der Waals surface area contributed by atoms with E-state index in [1.807, 2.05) is 0 Å². The van der Waals surface area contributed by atoms with Gasteiger partial charge in [-0.1, -0.05) is 0 Å². The summed E-state index contributed by atoms with van der Waals surface area (Å²) in [5.41, 5.74) is 5.72. The van der Waals surface area contributed by atoms with Crippen LogP contribution in [0, 0.1) is 0 Å². The molecule has 0 aliphatic rings. The maximum absolute atomic E-state index is 11.9. The van der Waals surface area contributed by atoms with Crippen molar-refractivity contribution in [2.45, 2.75) is 30.6 Å². The van der Waals surface area contributed by atoms with Crippen LogP contribution in [0.4, 0.5) is 5.69 Å². The number of hydrogen-bond donors (Lipinski definition) is 3. The first kappa shape index (κ1) is 26.1. The summed E-state index contributed by atoms with van der Waals surface area (Å²) in [6.07, 6.45) is 1.10. The molecule has 30 heavy (non-hydrogen) atoms. The van der Waals surface area contributed by atoms with Gasteiger partial charge in [0.2, 0.25) is 15.9 Å². The summed E-state index contributed by atoms with van der Waals surface area (Å²) < 4.78 is 38.2. The molecule has 5 N–H and O–H groups in total. The summed E-state index contributed by atoms with van der Waals surface area (Å²) in [6, 6.07) is 5.48. The number of ether oxygens (including phenoxy) is 3. The smallest absolute Gasteiger partial charge is 0.238 e. The third kappa shape index (κ3) is 12.6. The van der Waals surface area contributed by atoms with E-state index >= 15 is 0 Å². The van der Waals surface area contributed by atoms with E-state index in [0.29, 0.717) is 64.7 Å². The Balaban J connectivity index is 2.05. The summed E-state index contributed by atoms with van der Waals surface area (Å²) in [7, 11) is -3.78. The molecule has 10 nitrogen and oxygen atoms in total. The molecule has 0 atom stereocenters. The average molecular weight is 446 g/mol. The number of nitrogens with two attached hydrogens (primary N) is 2. The minimum atomic E-state index is -3.78. The molecule has 0 fully saturated rings. The van der Waals surface area contributed by atoms with Gasteiger partial charge in [0.1, 0.15) is 5.78 Å². The van der Waals surface area contributed by atoms with Gasteiger partial charge in [0.15, 0.2) is 0 Å². The van der Waals surface area contributed by atoms with Crippen molar-refractivity contribution in [3.05, 3.63) is 24.3 Å². The van der Waals surface area contributed by atoms with Crippen molar-refractivity contribution in [3.63, 3.8) is 0 Å². The van der Waals surface area contributed by atoms with Gasteiger partial charge in [0.25, 0.3) is 0 Å². The second-order valence-electron chi connectivity index (χ2n) is 6.39. The summed E-state index contributed by atoms with van der Waals surface area (Å²) in [4.78, 5) is 23.7. The number of primary sulfonamides is 1. The number of sulfonamides is 1. The van der Waals surface area contributed by atoms with Gasteiger partial charge in [-0.15, -0.1) is 0 Å². The third-order valence-electron chi connectivity index (χ3n) is 3.85. The predicted molar refractivity (Wildman–Crippen MR) is 111 cm³/mol. The number of carbonyl (C=O) groups is 2. The number of Topliss-reactive ketones (excluding diaryl/α,β-unsaturated/α-hetero) is 1. The van der Waals surface area contributed by atoms with Crippen LogP contribution in [0.1, 0.15) is 25.7 Å². The van der Waals surface area contributed by atoms with E-state index < -0.39 is 10.0 Å². The van der Waals surface area contributed by atoms with Crippen molar-refractivity contribution in [3.8, 4) is 0 Å². The molecule has 0 aromatic heterocycles. The highest BCUT2D eigenvalue weighted by Gasteiger charge is 2.10. The van der Waals surface area contributed by atoms with Crippen LogP contribution in [0.25, 0.3) is 0 Å². The van der Waals surface area contributed by atoms with Crippen LogP contribution in [-0.2, 0) is 33.8 Å². The van der Waals surface area contributed by atoms with E-state index in [9.17, 15) is 18.0 Å². The maximum atomic E-state index is 11.9. The summed E-state index contributed by atoms with van der Waals surface area (Å²) in [6.45, 7) is 3.34. The van der Waals surface area contributed by atoms with Crippen LogP contribution in [0.2, 0.25) is 0 Å². The maximum Gasteiger partial charge on any atom is 0.238 e. The molecule has 0 aliphatic carbocycles. The van der Waals surface area contributed by atoms with Crippen LogP contribution in [0.5, 0.6) is 0 Å². The van der Waals surface area contributed by atoms with E-state index in [4.69, 9.17) is 25.1 Å². The van der Waals surface area contributed by atoms with Gasteiger partial charge < -0.3 is 25.3 Å². The second kappa shape index (κ2) is 15.0. The molecule has 1 amide bonds. The van der Waals surface area contributed by atoms with Gasteiger partial charge in [-0.25, -0.2) is 13.6 Å². The number of anilines is 1. The van der Waals surface area contributed by atoms with E-state index in [2.05, 4.69) is 5.32 Å². The van der Waals surface area contributed by atoms with Gasteiger partial charge in [0.05, 0.1) is 37.9 Å². The molecule has 0 unspecified atom stereocenters. The molecule has 0 saturated carbocycles. The van der Waals surface area contributed by atoms with Crippen LogP contribution < -0.4 is 16.2 Å². The van der Waals surface area contributed by atoms with Gasteiger partial charge >= 0.3 is 0 Å². The lowest BCUT2D eigenvalue weighted by atomic mass is 10.1. The average Bonchev–Trinajstić information content (AvgIpc) is 2.70. The van der Waals surface area contributed by atoms with Crippen molar-refractivity contribution < 1.29 is 32.2 Å². The Morgan fingerprint density at radius 3 is 1.97 bits per heavy atom. The molecule has 11 heteroatoms. The Bertz CT molecular complexity index is 739. The van der Waals surface area contributed by atoms with Crippen LogP contribution in [-0.4, -0.2) is 66.3 Å². The Kier molecular flexibility index (Phi) is 13.1. The molecule has 1 aromatic carbocycles. The Morgan fingerprint density at radius 2 is 1.40 bits per heavy atom. The van der Waals surface area contributed by atoms with Crippen molar-refractivity contribution in [1.29, 1.82) is 0 Å². The fraction of sp³-hybridized carbons (Fsp3) is 0.579. The molecule has 0 aliphatic heterocycles. The topological polar surface area (TPSA) is 160 Å². The van der Waals surface area contributed by atoms with E-state index in [-0.39, 0.29) is 29.4 Å². The number of amides is 1. The monoisotopic (exact) mass is 445 g/mol. The van der Waals surface area contributed by atoms with Crippen LogP contribution in [0.15, 0.2) is 29.2 Å². The molecular weight excluding hydrogens is 414 g/mol. The predicted octanol–water partition coefficient (Wildman–Crippen LogP) is 0.411. The number of carbonyl (C=O) groups excluding carboxylic acids is 2. The highest BCUT2D eigenvalue weighted by atomic mass is 32.2. The van der Waals surface area contributed by atoms with Crippen LogP contribution >= 0.6 is 0 Å².